The van der Waals surface area contributed by atoms with Crippen molar-refractivity contribution in [1.29, 1.82) is 0 Å². The van der Waals surface area contributed by atoms with E-state index in [4.69, 9.17) is 56.6 Å². The van der Waals surface area contributed by atoms with Crippen LogP contribution in [0.4, 0.5) is 0 Å². The molecular formula is C30H28Cl4N2O6S. The van der Waals surface area contributed by atoms with Crippen molar-refractivity contribution in [2.45, 2.75) is 35.5 Å². The summed E-state index contributed by atoms with van der Waals surface area (Å²) in [5.41, 5.74) is 1.09. The Hall–Kier alpha value is -2.69. The maximum atomic E-state index is 12.6. The van der Waals surface area contributed by atoms with Crippen LogP contribution in [-0.2, 0) is 19.2 Å². The Morgan fingerprint density at radius 2 is 0.977 bits per heavy atom. The van der Waals surface area contributed by atoms with Crippen LogP contribution in [0.15, 0.2) is 46.2 Å². The second kappa shape index (κ2) is 14.9. The van der Waals surface area contributed by atoms with Gasteiger partial charge in [-0.05, 0) is 61.1 Å². The molecule has 13 heteroatoms. The highest BCUT2D eigenvalue weighted by atomic mass is 35.5. The molecule has 0 unspecified atom stereocenters. The van der Waals surface area contributed by atoms with Gasteiger partial charge in [-0.2, -0.15) is 0 Å². The molecule has 0 bridgehead atoms. The van der Waals surface area contributed by atoms with Gasteiger partial charge in [0.1, 0.15) is 0 Å². The predicted octanol–water partition coefficient (Wildman–Crippen LogP) is 7.12. The smallest absolute Gasteiger partial charge is 0.306 e. The number of piperidine rings is 2. The molecule has 4 rings (SSSR count). The Morgan fingerprint density at radius 1 is 0.628 bits per heavy atom. The molecule has 0 spiro atoms. The van der Waals surface area contributed by atoms with Gasteiger partial charge < -0.3 is 20.0 Å². The first kappa shape index (κ1) is 33.2. The highest BCUT2D eigenvalue weighted by molar-refractivity contribution is 7.99. The Kier molecular flexibility index (Phi) is 11.5. The topological polar surface area (TPSA) is 115 Å². The molecule has 2 aromatic carbocycles. The molecule has 2 saturated heterocycles. The number of halogens is 4. The van der Waals surface area contributed by atoms with Gasteiger partial charge in [0, 0.05) is 48.1 Å². The quantitative estimate of drug-likeness (QED) is 0.284. The average molecular weight is 686 g/mol. The van der Waals surface area contributed by atoms with Gasteiger partial charge in [-0.15, -0.1) is 0 Å². The second-order valence-corrected chi connectivity index (χ2v) is 12.8. The fraction of sp³-hybridized carbons (Fsp3) is 0.333. The maximum Gasteiger partial charge on any atom is 0.306 e. The van der Waals surface area contributed by atoms with E-state index in [1.165, 1.54) is 23.9 Å². The number of carbonyl (C=O) groups is 4. The van der Waals surface area contributed by atoms with Crippen LogP contribution in [-0.4, -0.2) is 69.9 Å². The van der Waals surface area contributed by atoms with E-state index in [-0.39, 0.29) is 31.9 Å². The Labute approximate surface area is 273 Å². The van der Waals surface area contributed by atoms with Gasteiger partial charge in [0.15, 0.2) is 0 Å². The van der Waals surface area contributed by atoms with E-state index in [2.05, 4.69) is 0 Å². The van der Waals surface area contributed by atoms with E-state index >= 15 is 0 Å². The lowest BCUT2D eigenvalue weighted by atomic mass is 9.97. The van der Waals surface area contributed by atoms with Crippen molar-refractivity contribution in [3.63, 3.8) is 0 Å². The number of hydrogen-bond donors (Lipinski definition) is 2. The number of carboxylic acid groups (broad SMARTS) is 2. The van der Waals surface area contributed by atoms with Crippen LogP contribution in [0, 0.1) is 11.8 Å². The lowest BCUT2D eigenvalue weighted by Gasteiger charge is -2.29. The summed E-state index contributed by atoms with van der Waals surface area (Å²) in [6, 6.07) is 6.97. The number of carbonyl (C=O) groups excluding carboxylic acids is 2. The van der Waals surface area contributed by atoms with Crippen molar-refractivity contribution in [3.05, 3.63) is 67.6 Å². The second-order valence-electron chi connectivity index (χ2n) is 10.2. The number of aliphatic carboxylic acids is 2. The minimum Gasteiger partial charge on any atom is -0.481 e. The van der Waals surface area contributed by atoms with Crippen LogP contribution in [0.3, 0.4) is 0 Å². The predicted molar refractivity (Wildman–Crippen MR) is 169 cm³/mol. The first-order valence-corrected chi connectivity index (χ1v) is 15.8. The molecule has 0 radical (unpaired) electrons. The summed E-state index contributed by atoms with van der Waals surface area (Å²) < 4.78 is 0. The van der Waals surface area contributed by atoms with Gasteiger partial charge in [0.25, 0.3) is 0 Å². The van der Waals surface area contributed by atoms with Crippen molar-refractivity contribution in [1.82, 2.24) is 9.80 Å². The molecule has 0 aromatic heterocycles. The Bertz CT molecular complexity index is 1370. The van der Waals surface area contributed by atoms with E-state index in [0.717, 1.165) is 0 Å². The largest absolute Gasteiger partial charge is 0.481 e. The van der Waals surface area contributed by atoms with Crippen LogP contribution in [0.25, 0.3) is 12.2 Å². The van der Waals surface area contributed by atoms with Gasteiger partial charge in [-0.25, -0.2) is 0 Å². The van der Waals surface area contributed by atoms with Gasteiger partial charge >= 0.3 is 11.9 Å². The fourth-order valence-electron chi connectivity index (χ4n) is 4.85. The van der Waals surface area contributed by atoms with Crippen molar-refractivity contribution >= 4 is 94.1 Å². The summed E-state index contributed by atoms with van der Waals surface area (Å²) in [5, 5.41) is 19.3. The first-order valence-electron chi connectivity index (χ1n) is 13.5. The molecule has 2 fully saturated rings. The van der Waals surface area contributed by atoms with E-state index in [9.17, 15) is 19.2 Å². The number of likely N-dealkylation sites (tertiary alicyclic amines) is 2. The summed E-state index contributed by atoms with van der Waals surface area (Å²) in [5.74, 6) is -2.97. The molecule has 0 aliphatic carbocycles. The number of nitrogens with zero attached hydrogens (tertiary/aromatic N) is 2. The highest BCUT2D eigenvalue weighted by Gasteiger charge is 2.27. The van der Waals surface area contributed by atoms with Crippen molar-refractivity contribution in [3.8, 4) is 0 Å². The van der Waals surface area contributed by atoms with Gasteiger partial charge in [0.2, 0.25) is 11.8 Å². The molecule has 228 valence electrons. The Morgan fingerprint density at radius 3 is 1.30 bits per heavy atom. The standard InChI is InChI=1S/C30H28Cl4N2O6S/c31-25-17(3-7-23(37)35-13-9-19(10-14-35)29(39)40)1-5-21(27(25)33)43-22-6-2-18(26(32)28(22)34)4-8-24(38)36-15-11-20(12-16-36)30(41)42/h1-8,19-20H,9-16H2,(H,39,40)(H,41,42)/b7-3+,8-4+. The zero-order valence-electron chi connectivity index (χ0n) is 22.8. The van der Waals surface area contributed by atoms with E-state index in [1.54, 1.807) is 46.2 Å². The van der Waals surface area contributed by atoms with E-state index < -0.39 is 23.8 Å². The molecule has 0 saturated carbocycles. The summed E-state index contributed by atoms with van der Waals surface area (Å²) in [6.07, 6.45) is 7.64. The van der Waals surface area contributed by atoms with Crippen LogP contribution in [0.2, 0.25) is 20.1 Å². The number of benzene rings is 2. The van der Waals surface area contributed by atoms with E-state index in [0.29, 0.717) is 72.8 Å². The number of carboxylic acids is 2. The molecule has 2 aliphatic heterocycles. The molecule has 43 heavy (non-hydrogen) atoms. The summed E-state index contributed by atoms with van der Waals surface area (Å²) in [6.45, 7) is 1.52. The SMILES string of the molecule is O=C(O)C1CCN(C(=O)/C=C/c2ccc(Sc3ccc(/C=C/C(=O)N4CCC(C(=O)O)CC4)c(Cl)c3Cl)c(Cl)c2Cl)CC1. The lowest BCUT2D eigenvalue weighted by molar-refractivity contribution is -0.145. The van der Waals surface area contributed by atoms with Crippen LogP contribution in [0.5, 0.6) is 0 Å². The molecular weight excluding hydrogens is 658 g/mol. The molecule has 2 heterocycles. The molecule has 2 amide bonds. The highest BCUT2D eigenvalue weighted by Crippen LogP contribution is 2.44. The van der Waals surface area contributed by atoms with Gasteiger partial charge in [-0.3, -0.25) is 19.2 Å². The zero-order valence-corrected chi connectivity index (χ0v) is 26.6. The van der Waals surface area contributed by atoms with Crippen molar-refractivity contribution < 1.29 is 29.4 Å². The third kappa shape index (κ3) is 8.28. The molecule has 2 N–H and O–H groups in total. The minimum atomic E-state index is -0.835. The third-order valence-corrected chi connectivity index (χ3v) is 10.6. The minimum absolute atomic E-state index is 0.227. The normalized spacial score (nSPS) is 16.7. The monoisotopic (exact) mass is 684 g/mol. The van der Waals surface area contributed by atoms with Crippen LogP contribution in [0.1, 0.15) is 36.8 Å². The van der Waals surface area contributed by atoms with Gasteiger partial charge in [-0.1, -0.05) is 70.3 Å². The molecule has 2 aromatic rings. The number of amides is 2. The third-order valence-electron chi connectivity index (χ3n) is 7.50. The summed E-state index contributed by atoms with van der Waals surface area (Å²) in [4.78, 5) is 51.9. The van der Waals surface area contributed by atoms with Crippen LogP contribution >= 0.6 is 58.2 Å². The fourth-order valence-corrected chi connectivity index (χ4v) is 6.89. The maximum absolute atomic E-state index is 12.6. The molecule has 0 atom stereocenters. The Balaban J connectivity index is 1.39. The van der Waals surface area contributed by atoms with E-state index in [1.807, 2.05) is 0 Å². The summed E-state index contributed by atoms with van der Waals surface area (Å²) in [7, 11) is 0. The molecule has 8 nitrogen and oxygen atoms in total. The zero-order chi connectivity index (χ0) is 31.3. The van der Waals surface area contributed by atoms with Crippen molar-refractivity contribution in [2.75, 3.05) is 26.2 Å². The lowest BCUT2D eigenvalue weighted by Crippen LogP contribution is -2.39. The first-order chi connectivity index (χ1) is 20.5. The number of hydrogen-bond acceptors (Lipinski definition) is 5. The summed E-state index contributed by atoms with van der Waals surface area (Å²) >= 11 is 27.4. The number of rotatable bonds is 8. The van der Waals surface area contributed by atoms with Crippen LogP contribution < -0.4 is 0 Å². The van der Waals surface area contributed by atoms with Crippen molar-refractivity contribution in [2.24, 2.45) is 11.8 Å². The molecule has 2 aliphatic rings. The average Bonchev–Trinajstić information content (AvgIpc) is 3.00. The van der Waals surface area contributed by atoms with Gasteiger partial charge in [0.05, 0.1) is 31.9 Å².